The van der Waals surface area contributed by atoms with Gasteiger partial charge in [-0.1, -0.05) is 61.7 Å². The highest BCUT2D eigenvalue weighted by Crippen LogP contribution is 2.61. The van der Waals surface area contributed by atoms with Crippen LogP contribution in [-0.4, -0.2) is 83.6 Å². The molecule has 38 heavy (non-hydrogen) atoms. The summed E-state index contributed by atoms with van der Waals surface area (Å²) in [4.78, 5) is 23.1. The van der Waals surface area contributed by atoms with Gasteiger partial charge < -0.3 is 15.1 Å². The second-order valence-corrected chi connectivity index (χ2v) is 9.84. The number of piperazine rings is 1. The Kier molecular flexibility index (Phi) is 11.6. The molecule has 0 amide bonds. The van der Waals surface area contributed by atoms with Gasteiger partial charge in [-0.15, -0.1) is 0 Å². The van der Waals surface area contributed by atoms with Crippen molar-refractivity contribution in [3.8, 4) is 0 Å². The number of carboxylic acids is 2. The van der Waals surface area contributed by atoms with Crippen LogP contribution in [0, 0.1) is 11.3 Å². The number of carboxylic acid groups (broad SMARTS) is 2. The largest absolute Gasteiger partial charge is 0.490 e. The first-order valence-electron chi connectivity index (χ1n) is 12.5. The van der Waals surface area contributed by atoms with Gasteiger partial charge in [0.2, 0.25) is 0 Å². The molecule has 2 saturated carbocycles. The molecule has 2 aliphatic carbocycles. The molecular weight excluding hydrogens is 518 g/mol. The molecule has 3 fully saturated rings. The monoisotopic (exact) mass is 552 g/mol. The lowest BCUT2D eigenvalue weighted by Gasteiger charge is -2.35. The highest BCUT2D eigenvalue weighted by atomic mass is 19.4. The van der Waals surface area contributed by atoms with Gasteiger partial charge in [0.05, 0.1) is 0 Å². The predicted molar refractivity (Wildman–Crippen MR) is 129 cm³/mol. The maximum Gasteiger partial charge on any atom is 0.490 e. The van der Waals surface area contributed by atoms with E-state index < -0.39 is 24.3 Å². The number of nitrogens with zero attached hydrogens (tertiary/aromatic N) is 2. The van der Waals surface area contributed by atoms with Crippen molar-refractivity contribution in [3.63, 3.8) is 0 Å². The average molecular weight is 553 g/mol. The van der Waals surface area contributed by atoms with Crippen LogP contribution in [0.5, 0.6) is 0 Å². The van der Waals surface area contributed by atoms with Crippen molar-refractivity contribution < 1.29 is 46.1 Å². The molecule has 214 valence electrons. The van der Waals surface area contributed by atoms with E-state index >= 15 is 0 Å². The fourth-order valence-electron chi connectivity index (χ4n) is 4.93. The standard InChI is InChI=1S/C22H32N2.2C2HF3O2/c1-3-8-20(9-4-1)10-7-13-23-14-16-24(17-15-23)19-21-18-22(21)11-5-2-6-12-22;2*3-2(4,5)1(6)7/h1,3-4,7-10,21H,2,5-6,11-19H2;2*(H,6,7)/b10-7+;;. The van der Waals surface area contributed by atoms with Crippen LogP contribution in [0.15, 0.2) is 36.4 Å². The first kappa shape index (κ1) is 31.6. The molecule has 1 saturated heterocycles. The molecule has 0 bridgehead atoms. The molecule has 12 heteroatoms. The van der Waals surface area contributed by atoms with Crippen molar-refractivity contribution in [1.29, 1.82) is 0 Å². The van der Waals surface area contributed by atoms with Crippen LogP contribution >= 0.6 is 0 Å². The average Bonchev–Trinajstić information content (AvgIpc) is 3.50. The van der Waals surface area contributed by atoms with Crippen molar-refractivity contribution in [2.45, 2.75) is 50.9 Å². The molecule has 1 aliphatic heterocycles. The van der Waals surface area contributed by atoms with Gasteiger partial charge in [-0.25, -0.2) is 9.59 Å². The quantitative estimate of drug-likeness (QED) is 0.466. The Morgan fingerprint density at radius 1 is 0.842 bits per heavy atom. The van der Waals surface area contributed by atoms with Gasteiger partial charge in [0, 0.05) is 39.3 Å². The second-order valence-electron chi connectivity index (χ2n) is 9.84. The van der Waals surface area contributed by atoms with Gasteiger partial charge >= 0.3 is 24.3 Å². The third-order valence-electron chi connectivity index (χ3n) is 7.11. The van der Waals surface area contributed by atoms with E-state index in [0.717, 1.165) is 17.9 Å². The molecule has 6 nitrogen and oxygen atoms in total. The summed E-state index contributed by atoms with van der Waals surface area (Å²) in [6.07, 6.45) is 3.49. The van der Waals surface area contributed by atoms with Crippen LogP contribution in [-0.2, 0) is 9.59 Å². The fraction of sp³-hybridized carbons (Fsp3) is 0.615. The maximum atomic E-state index is 10.6. The van der Waals surface area contributed by atoms with E-state index in [0.29, 0.717) is 0 Å². The molecule has 1 unspecified atom stereocenters. The summed E-state index contributed by atoms with van der Waals surface area (Å²) in [5.74, 6) is -4.48. The van der Waals surface area contributed by atoms with Crippen LogP contribution < -0.4 is 0 Å². The van der Waals surface area contributed by atoms with E-state index in [1.807, 2.05) is 0 Å². The fourth-order valence-corrected chi connectivity index (χ4v) is 4.93. The molecule has 2 N–H and O–H groups in total. The predicted octanol–water partition coefficient (Wildman–Crippen LogP) is 5.55. The Morgan fingerprint density at radius 2 is 1.32 bits per heavy atom. The molecular formula is C26H34F6N2O4. The number of carbonyl (C=O) groups is 2. The Labute approximate surface area is 217 Å². The van der Waals surface area contributed by atoms with Gasteiger partial charge in [-0.2, -0.15) is 26.3 Å². The number of rotatable bonds is 5. The normalized spacial score (nSPS) is 21.7. The highest BCUT2D eigenvalue weighted by molar-refractivity contribution is 5.73. The zero-order chi connectivity index (χ0) is 28.4. The topological polar surface area (TPSA) is 81.1 Å². The molecule has 1 aromatic carbocycles. The molecule has 4 rings (SSSR count). The molecule has 3 aliphatic rings. The summed E-state index contributed by atoms with van der Waals surface area (Å²) >= 11 is 0. The lowest BCUT2D eigenvalue weighted by molar-refractivity contribution is -0.193. The first-order valence-corrected chi connectivity index (χ1v) is 12.5. The highest BCUT2D eigenvalue weighted by Gasteiger charge is 2.53. The Morgan fingerprint density at radius 3 is 1.79 bits per heavy atom. The van der Waals surface area contributed by atoms with E-state index in [1.165, 1.54) is 76.8 Å². The van der Waals surface area contributed by atoms with Crippen LogP contribution in [0.1, 0.15) is 44.1 Å². The molecule has 0 radical (unpaired) electrons. The van der Waals surface area contributed by atoms with Gasteiger partial charge in [-0.05, 0) is 36.2 Å². The smallest absolute Gasteiger partial charge is 0.475 e. The molecule has 1 aromatic rings. The third kappa shape index (κ3) is 11.0. The second kappa shape index (κ2) is 14.0. The molecule has 1 spiro atoms. The zero-order valence-electron chi connectivity index (χ0n) is 21.0. The first-order chi connectivity index (χ1) is 17.7. The van der Waals surface area contributed by atoms with E-state index in [1.54, 1.807) is 0 Å². The SMILES string of the molecule is C(=C\c1ccccc1)/CN1CCN(CC2CC23CCCCC3)CC1.O=C(O)C(F)(F)F.O=C(O)C(F)(F)F. The summed E-state index contributed by atoms with van der Waals surface area (Å²) in [5.41, 5.74) is 2.11. The molecule has 1 heterocycles. The van der Waals surface area contributed by atoms with Crippen LogP contribution in [0.3, 0.4) is 0 Å². The van der Waals surface area contributed by atoms with Gasteiger partial charge in [-0.3, -0.25) is 4.90 Å². The number of alkyl halides is 6. The van der Waals surface area contributed by atoms with Crippen LogP contribution in [0.4, 0.5) is 26.3 Å². The number of halogens is 6. The van der Waals surface area contributed by atoms with Gasteiger partial charge in [0.15, 0.2) is 0 Å². The van der Waals surface area contributed by atoms with E-state index in [2.05, 4.69) is 52.3 Å². The number of hydrogen-bond acceptors (Lipinski definition) is 4. The third-order valence-corrected chi connectivity index (χ3v) is 7.11. The maximum absolute atomic E-state index is 10.6. The van der Waals surface area contributed by atoms with E-state index in [9.17, 15) is 26.3 Å². The van der Waals surface area contributed by atoms with Crippen molar-refractivity contribution in [3.05, 3.63) is 42.0 Å². The van der Waals surface area contributed by atoms with Gasteiger partial charge in [0.25, 0.3) is 0 Å². The Hall–Kier alpha value is -2.60. The van der Waals surface area contributed by atoms with Crippen LogP contribution in [0.2, 0.25) is 0 Å². The molecule has 0 aromatic heterocycles. The van der Waals surface area contributed by atoms with Crippen molar-refractivity contribution in [2.75, 3.05) is 39.3 Å². The zero-order valence-corrected chi connectivity index (χ0v) is 21.0. The van der Waals surface area contributed by atoms with Gasteiger partial charge in [0.1, 0.15) is 0 Å². The summed E-state index contributed by atoms with van der Waals surface area (Å²) < 4.78 is 63.5. The number of aliphatic carboxylic acids is 2. The number of benzene rings is 1. The number of hydrogen-bond donors (Lipinski definition) is 2. The van der Waals surface area contributed by atoms with Crippen molar-refractivity contribution in [1.82, 2.24) is 9.80 Å². The van der Waals surface area contributed by atoms with E-state index in [-0.39, 0.29) is 0 Å². The van der Waals surface area contributed by atoms with Crippen molar-refractivity contribution >= 4 is 18.0 Å². The van der Waals surface area contributed by atoms with Crippen molar-refractivity contribution in [2.24, 2.45) is 11.3 Å². The van der Waals surface area contributed by atoms with E-state index in [4.69, 9.17) is 19.8 Å². The lowest BCUT2D eigenvalue weighted by atomic mass is 9.84. The Balaban J connectivity index is 0.000000301. The summed E-state index contributed by atoms with van der Waals surface area (Å²) in [7, 11) is 0. The molecule has 1 atom stereocenters. The lowest BCUT2D eigenvalue weighted by Crippen LogP contribution is -2.47. The minimum absolute atomic E-state index is 0.799. The minimum atomic E-state index is -5.08. The summed E-state index contributed by atoms with van der Waals surface area (Å²) in [5, 5.41) is 14.2. The summed E-state index contributed by atoms with van der Waals surface area (Å²) in [6.45, 7) is 7.49. The summed E-state index contributed by atoms with van der Waals surface area (Å²) in [6, 6.07) is 10.6. The van der Waals surface area contributed by atoms with Crippen LogP contribution in [0.25, 0.3) is 6.08 Å². The Bertz CT molecular complexity index is 883. The minimum Gasteiger partial charge on any atom is -0.475 e.